The third kappa shape index (κ3) is 3.88. The number of hydrogen-bond acceptors (Lipinski definition) is 6. The standard InChI is InChI=1S/C14H17N5O2/c1-3-8-15-14-16-9-12(19(20)21)13(18-14)17-11-6-4-10(2)5-7-11/h4-7,9H,3,8H2,1-2H3,(H2,15,16,17,18). The highest BCUT2D eigenvalue weighted by Crippen LogP contribution is 2.25. The maximum atomic E-state index is 11.1. The van der Waals surface area contributed by atoms with E-state index < -0.39 is 4.92 Å². The second-order valence-corrected chi connectivity index (χ2v) is 4.60. The van der Waals surface area contributed by atoms with Gasteiger partial charge in [0.05, 0.1) is 4.92 Å². The van der Waals surface area contributed by atoms with Gasteiger partial charge < -0.3 is 10.6 Å². The Balaban J connectivity index is 2.29. The number of nitro groups is 1. The summed E-state index contributed by atoms with van der Waals surface area (Å²) in [5.41, 5.74) is 1.70. The van der Waals surface area contributed by atoms with Crippen molar-refractivity contribution in [3.63, 3.8) is 0 Å². The van der Waals surface area contributed by atoms with Crippen LogP contribution in [0.1, 0.15) is 18.9 Å². The molecule has 0 aliphatic carbocycles. The second-order valence-electron chi connectivity index (χ2n) is 4.60. The van der Waals surface area contributed by atoms with Crippen molar-refractivity contribution in [3.05, 3.63) is 46.1 Å². The van der Waals surface area contributed by atoms with Crippen LogP contribution >= 0.6 is 0 Å². The molecule has 0 atom stereocenters. The Kier molecular flexibility index (Phi) is 4.65. The number of aryl methyl sites for hydroxylation is 1. The van der Waals surface area contributed by atoms with Crippen molar-refractivity contribution in [1.29, 1.82) is 0 Å². The Bertz CT molecular complexity index is 628. The van der Waals surface area contributed by atoms with Gasteiger partial charge in [-0.3, -0.25) is 10.1 Å². The first-order chi connectivity index (χ1) is 10.1. The molecule has 1 heterocycles. The van der Waals surface area contributed by atoms with Gasteiger partial charge in [0.2, 0.25) is 11.8 Å². The summed E-state index contributed by atoms with van der Waals surface area (Å²) < 4.78 is 0. The summed E-state index contributed by atoms with van der Waals surface area (Å²) in [6.07, 6.45) is 2.13. The normalized spacial score (nSPS) is 10.2. The van der Waals surface area contributed by atoms with Crippen LogP contribution in [0.4, 0.5) is 23.1 Å². The van der Waals surface area contributed by atoms with Gasteiger partial charge in [0.15, 0.2) is 0 Å². The molecule has 110 valence electrons. The Morgan fingerprint density at radius 2 is 2.00 bits per heavy atom. The molecule has 0 saturated carbocycles. The average Bonchev–Trinajstić information content (AvgIpc) is 2.47. The van der Waals surface area contributed by atoms with E-state index in [-0.39, 0.29) is 11.5 Å². The zero-order chi connectivity index (χ0) is 15.2. The summed E-state index contributed by atoms with van der Waals surface area (Å²) in [6, 6.07) is 7.54. The molecule has 0 unspecified atom stereocenters. The van der Waals surface area contributed by atoms with Crippen LogP contribution in [0.2, 0.25) is 0 Å². The van der Waals surface area contributed by atoms with Crippen molar-refractivity contribution in [1.82, 2.24) is 9.97 Å². The molecule has 0 saturated heterocycles. The van der Waals surface area contributed by atoms with Gasteiger partial charge in [-0.1, -0.05) is 24.6 Å². The molecule has 0 aliphatic heterocycles. The molecule has 2 rings (SSSR count). The van der Waals surface area contributed by atoms with Gasteiger partial charge in [0.25, 0.3) is 0 Å². The Morgan fingerprint density at radius 3 is 2.62 bits per heavy atom. The first kappa shape index (κ1) is 14.7. The number of hydrogen-bond donors (Lipinski definition) is 2. The predicted molar refractivity (Wildman–Crippen MR) is 81.9 cm³/mol. The lowest BCUT2D eigenvalue weighted by atomic mass is 10.2. The lowest BCUT2D eigenvalue weighted by Crippen LogP contribution is -2.07. The summed E-state index contributed by atoms with van der Waals surface area (Å²) in [4.78, 5) is 18.7. The fourth-order valence-electron chi connectivity index (χ4n) is 1.70. The number of anilines is 3. The SMILES string of the molecule is CCCNc1ncc([N+](=O)[O-])c(Nc2ccc(C)cc2)n1. The van der Waals surface area contributed by atoms with Crippen LogP contribution in [-0.4, -0.2) is 21.4 Å². The Labute approximate surface area is 122 Å². The third-order valence-corrected chi connectivity index (χ3v) is 2.81. The molecule has 1 aromatic carbocycles. The molecule has 2 N–H and O–H groups in total. The van der Waals surface area contributed by atoms with Gasteiger partial charge in [0, 0.05) is 12.2 Å². The van der Waals surface area contributed by atoms with Gasteiger partial charge in [-0.05, 0) is 25.5 Å². The second kappa shape index (κ2) is 6.65. The first-order valence-electron chi connectivity index (χ1n) is 6.69. The molecular formula is C14H17N5O2. The van der Waals surface area contributed by atoms with Gasteiger partial charge in [0.1, 0.15) is 6.20 Å². The van der Waals surface area contributed by atoms with E-state index in [1.807, 2.05) is 38.1 Å². The van der Waals surface area contributed by atoms with Gasteiger partial charge >= 0.3 is 5.69 Å². The maximum absolute atomic E-state index is 11.1. The van der Waals surface area contributed by atoms with Crippen LogP contribution in [0, 0.1) is 17.0 Å². The van der Waals surface area contributed by atoms with E-state index in [4.69, 9.17) is 0 Å². The molecule has 0 amide bonds. The first-order valence-corrected chi connectivity index (χ1v) is 6.69. The van der Waals surface area contributed by atoms with Crippen LogP contribution in [0.25, 0.3) is 0 Å². The smallest absolute Gasteiger partial charge is 0.329 e. The molecule has 1 aromatic heterocycles. The predicted octanol–water partition coefficient (Wildman–Crippen LogP) is 3.26. The van der Waals surface area contributed by atoms with Crippen LogP contribution < -0.4 is 10.6 Å². The van der Waals surface area contributed by atoms with E-state index >= 15 is 0 Å². The van der Waals surface area contributed by atoms with Crippen molar-refractivity contribution < 1.29 is 4.92 Å². The molecule has 0 spiro atoms. The zero-order valence-electron chi connectivity index (χ0n) is 12.0. The minimum atomic E-state index is -0.500. The highest BCUT2D eigenvalue weighted by atomic mass is 16.6. The third-order valence-electron chi connectivity index (χ3n) is 2.81. The molecular weight excluding hydrogens is 270 g/mol. The van der Waals surface area contributed by atoms with E-state index in [1.165, 1.54) is 6.20 Å². The van der Waals surface area contributed by atoms with Crippen molar-refractivity contribution in [2.75, 3.05) is 17.2 Å². The van der Waals surface area contributed by atoms with E-state index in [9.17, 15) is 10.1 Å². The van der Waals surface area contributed by atoms with Gasteiger partial charge in [-0.2, -0.15) is 4.98 Å². The average molecular weight is 287 g/mol. The fourth-order valence-corrected chi connectivity index (χ4v) is 1.70. The van der Waals surface area contributed by atoms with E-state index in [1.54, 1.807) is 0 Å². The quantitative estimate of drug-likeness (QED) is 0.625. The molecule has 21 heavy (non-hydrogen) atoms. The van der Waals surface area contributed by atoms with E-state index in [0.717, 1.165) is 17.7 Å². The van der Waals surface area contributed by atoms with Gasteiger partial charge in [-0.25, -0.2) is 4.98 Å². The van der Waals surface area contributed by atoms with Crippen molar-refractivity contribution in [3.8, 4) is 0 Å². The minimum Gasteiger partial charge on any atom is -0.354 e. The Morgan fingerprint density at radius 1 is 1.29 bits per heavy atom. The monoisotopic (exact) mass is 287 g/mol. The van der Waals surface area contributed by atoms with Crippen molar-refractivity contribution in [2.45, 2.75) is 20.3 Å². The topological polar surface area (TPSA) is 93.0 Å². The highest BCUT2D eigenvalue weighted by Gasteiger charge is 2.17. The summed E-state index contributed by atoms with van der Waals surface area (Å²) in [5, 5.41) is 17.0. The molecule has 0 radical (unpaired) electrons. The summed E-state index contributed by atoms with van der Waals surface area (Å²) >= 11 is 0. The fraction of sp³-hybridized carbons (Fsp3) is 0.286. The molecule has 2 aromatic rings. The molecule has 0 bridgehead atoms. The van der Waals surface area contributed by atoms with Crippen molar-refractivity contribution in [2.24, 2.45) is 0 Å². The molecule has 0 fully saturated rings. The largest absolute Gasteiger partial charge is 0.354 e. The van der Waals surface area contributed by atoms with Crippen molar-refractivity contribution >= 4 is 23.1 Å². The maximum Gasteiger partial charge on any atom is 0.329 e. The number of nitrogens with zero attached hydrogens (tertiary/aromatic N) is 3. The van der Waals surface area contributed by atoms with Crippen LogP contribution in [-0.2, 0) is 0 Å². The summed E-state index contributed by atoms with van der Waals surface area (Å²) in [6.45, 7) is 4.70. The molecule has 0 aliphatic rings. The van der Waals surface area contributed by atoms with Crippen LogP contribution in [0.15, 0.2) is 30.5 Å². The minimum absolute atomic E-state index is 0.155. The lowest BCUT2D eigenvalue weighted by molar-refractivity contribution is -0.384. The van der Waals surface area contributed by atoms with E-state index in [2.05, 4.69) is 20.6 Å². The number of rotatable bonds is 6. The van der Waals surface area contributed by atoms with E-state index in [0.29, 0.717) is 12.5 Å². The summed E-state index contributed by atoms with van der Waals surface area (Å²) in [7, 11) is 0. The lowest BCUT2D eigenvalue weighted by Gasteiger charge is -2.08. The number of benzene rings is 1. The Hall–Kier alpha value is -2.70. The highest BCUT2D eigenvalue weighted by molar-refractivity contribution is 5.66. The summed E-state index contributed by atoms with van der Waals surface area (Å²) in [5.74, 6) is 0.550. The van der Waals surface area contributed by atoms with Crippen LogP contribution in [0.5, 0.6) is 0 Å². The number of nitrogens with one attached hydrogen (secondary N) is 2. The molecule has 7 nitrogen and oxygen atoms in total. The molecule has 7 heteroatoms. The number of aromatic nitrogens is 2. The van der Waals surface area contributed by atoms with Gasteiger partial charge in [-0.15, -0.1) is 0 Å². The zero-order valence-corrected chi connectivity index (χ0v) is 12.0. The van der Waals surface area contributed by atoms with Crippen LogP contribution in [0.3, 0.4) is 0 Å².